The first-order chi connectivity index (χ1) is 7.09. The maximum atomic E-state index is 11.6. The van der Waals surface area contributed by atoms with E-state index in [1.165, 1.54) is 6.20 Å². The summed E-state index contributed by atoms with van der Waals surface area (Å²) < 4.78 is 0. The number of pyridine rings is 1. The summed E-state index contributed by atoms with van der Waals surface area (Å²) in [4.78, 5) is 15.5. The lowest BCUT2D eigenvalue weighted by Gasteiger charge is -2.06. The molecule has 1 fully saturated rings. The lowest BCUT2D eigenvalue weighted by molar-refractivity contribution is 0.0946. The van der Waals surface area contributed by atoms with Crippen LogP contribution in [0.1, 0.15) is 23.3 Å². The molecule has 1 heterocycles. The molecule has 6 heteroatoms. The first-order valence-electron chi connectivity index (χ1n) is 4.40. The van der Waals surface area contributed by atoms with Gasteiger partial charge in [-0.25, -0.2) is 4.98 Å². The largest absolute Gasteiger partial charge is 0.348 e. The van der Waals surface area contributed by atoms with Crippen LogP contribution in [-0.2, 0) is 0 Å². The van der Waals surface area contributed by atoms with E-state index in [9.17, 15) is 4.79 Å². The molecular weight excluding hydrogens is 258 g/mol. The molecule has 1 aromatic rings. The molecule has 0 aliphatic heterocycles. The van der Waals surface area contributed by atoms with Gasteiger partial charge >= 0.3 is 0 Å². The van der Waals surface area contributed by atoms with Gasteiger partial charge in [0, 0.05) is 12.2 Å². The summed E-state index contributed by atoms with van der Waals surface area (Å²) >= 11 is 17.4. The standard InChI is InChI=1S/C9H7Cl3N2O/c10-5-3-13-8(7(12)6(5)11)9(15)14-4-1-2-4/h3-4H,1-2H2,(H,14,15). The van der Waals surface area contributed by atoms with Crippen LogP contribution in [0.2, 0.25) is 15.1 Å². The van der Waals surface area contributed by atoms with Gasteiger partial charge in [-0.2, -0.15) is 0 Å². The minimum atomic E-state index is -0.305. The monoisotopic (exact) mass is 264 g/mol. The second-order valence-corrected chi connectivity index (χ2v) is 4.49. The summed E-state index contributed by atoms with van der Waals surface area (Å²) in [7, 11) is 0. The molecule has 1 aliphatic rings. The predicted octanol–water partition coefficient (Wildman–Crippen LogP) is 2.93. The van der Waals surface area contributed by atoms with Crippen molar-refractivity contribution in [3.05, 3.63) is 27.0 Å². The molecule has 0 unspecified atom stereocenters. The van der Waals surface area contributed by atoms with Crippen molar-refractivity contribution in [1.29, 1.82) is 0 Å². The van der Waals surface area contributed by atoms with Crippen LogP contribution in [0.4, 0.5) is 0 Å². The quantitative estimate of drug-likeness (QED) is 0.893. The Bertz CT molecular complexity index is 418. The third kappa shape index (κ3) is 2.36. The van der Waals surface area contributed by atoms with Crippen LogP contribution >= 0.6 is 34.8 Å². The van der Waals surface area contributed by atoms with Crippen LogP contribution in [0, 0.1) is 0 Å². The van der Waals surface area contributed by atoms with Crippen molar-refractivity contribution in [2.24, 2.45) is 0 Å². The number of amides is 1. The van der Waals surface area contributed by atoms with Gasteiger partial charge in [0.2, 0.25) is 0 Å². The van der Waals surface area contributed by atoms with E-state index in [-0.39, 0.29) is 32.7 Å². The Morgan fingerprint density at radius 2 is 2.00 bits per heavy atom. The van der Waals surface area contributed by atoms with Gasteiger partial charge in [0.15, 0.2) is 0 Å². The maximum absolute atomic E-state index is 11.6. The molecule has 2 rings (SSSR count). The number of halogens is 3. The molecule has 1 N–H and O–H groups in total. The van der Waals surface area contributed by atoms with Crippen molar-refractivity contribution in [2.45, 2.75) is 18.9 Å². The molecule has 0 saturated heterocycles. The molecule has 1 aromatic heterocycles. The number of aromatic nitrogens is 1. The number of nitrogens with one attached hydrogen (secondary N) is 1. The second-order valence-electron chi connectivity index (χ2n) is 3.33. The fourth-order valence-corrected chi connectivity index (χ4v) is 1.65. The van der Waals surface area contributed by atoms with Gasteiger partial charge in [0.1, 0.15) is 5.69 Å². The zero-order chi connectivity index (χ0) is 11.0. The predicted molar refractivity (Wildman–Crippen MR) is 59.8 cm³/mol. The average Bonchev–Trinajstić information content (AvgIpc) is 2.98. The number of carbonyl (C=O) groups is 1. The van der Waals surface area contributed by atoms with Gasteiger partial charge in [-0.1, -0.05) is 34.8 Å². The second kappa shape index (κ2) is 4.16. The fourth-order valence-electron chi connectivity index (χ4n) is 1.08. The van der Waals surface area contributed by atoms with Crippen molar-refractivity contribution in [2.75, 3.05) is 0 Å². The molecule has 15 heavy (non-hydrogen) atoms. The van der Waals surface area contributed by atoms with Crippen LogP contribution in [-0.4, -0.2) is 16.9 Å². The summed E-state index contributed by atoms with van der Waals surface area (Å²) in [6, 6.07) is 0.254. The number of carbonyl (C=O) groups excluding carboxylic acids is 1. The molecule has 1 amide bonds. The average molecular weight is 266 g/mol. The third-order valence-corrected chi connectivity index (χ3v) is 3.29. The van der Waals surface area contributed by atoms with E-state index >= 15 is 0 Å². The molecule has 1 saturated carbocycles. The van der Waals surface area contributed by atoms with E-state index in [1.807, 2.05) is 0 Å². The summed E-state index contributed by atoms with van der Waals surface area (Å²) in [5.74, 6) is -0.305. The number of hydrogen-bond donors (Lipinski definition) is 1. The van der Waals surface area contributed by atoms with E-state index < -0.39 is 0 Å². The number of nitrogens with zero attached hydrogens (tertiary/aromatic N) is 1. The van der Waals surface area contributed by atoms with Crippen LogP contribution in [0.5, 0.6) is 0 Å². The normalized spacial score (nSPS) is 15.1. The summed E-state index contributed by atoms with van der Waals surface area (Å²) in [5.41, 5.74) is 0.123. The summed E-state index contributed by atoms with van der Waals surface area (Å²) in [6.45, 7) is 0. The van der Waals surface area contributed by atoms with Gasteiger partial charge < -0.3 is 5.32 Å². The van der Waals surface area contributed by atoms with Gasteiger partial charge in [0.05, 0.1) is 15.1 Å². The highest BCUT2D eigenvalue weighted by Gasteiger charge is 2.26. The maximum Gasteiger partial charge on any atom is 0.271 e. The van der Waals surface area contributed by atoms with E-state index in [0.29, 0.717) is 0 Å². The minimum Gasteiger partial charge on any atom is -0.348 e. The Labute approximate surface area is 102 Å². The summed E-state index contributed by atoms with van der Waals surface area (Å²) in [6.07, 6.45) is 3.33. The van der Waals surface area contributed by atoms with Gasteiger partial charge in [-0.05, 0) is 12.8 Å². The molecule has 0 atom stereocenters. The number of rotatable bonds is 2. The minimum absolute atomic E-state index is 0.0994. The van der Waals surface area contributed by atoms with Gasteiger partial charge in [-0.3, -0.25) is 4.79 Å². The first-order valence-corrected chi connectivity index (χ1v) is 5.53. The number of hydrogen-bond acceptors (Lipinski definition) is 2. The van der Waals surface area contributed by atoms with Gasteiger partial charge in [-0.15, -0.1) is 0 Å². The van der Waals surface area contributed by atoms with Crippen LogP contribution in [0.3, 0.4) is 0 Å². The Kier molecular flexibility index (Phi) is 3.05. The van der Waals surface area contributed by atoms with Crippen molar-refractivity contribution >= 4 is 40.7 Å². The van der Waals surface area contributed by atoms with Crippen molar-refractivity contribution in [3.8, 4) is 0 Å². The molecule has 80 valence electrons. The topological polar surface area (TPSA) is 42.0 Å². The fraction of sp³-hybridized carbons (Fsp3) is 0.333. The molecule has 1 aliphatic carbocycles. The Hall–Kier alpha value is -0.510. The Balaban J connectivity index is 2.26. The Morgan fingerprint density at radius 1 is 1.33 bits per heavy atom. The molecule has 0 spiro atoms. The molecule has 0 radical (unpaired) electrons. The smallest absolute Gasteiger partial charge is 0.271 e. The van der Waals surface area contributed by atoms with E-state index in [4.69, 9.17) is 34.8 Å². The van der Waals surface area contributed by atoms with Crippen LogP contribution in [0.25, 0.3) is 0 Å². The van der Waals surface area contributed by atoms with Crippen molar-refractivity contribution in [1.82, 2.24) is 10.3 Å². The third-order valence-electron chi connectivity index (χ3n) is 2.04. The Morgan fingerprint density at radius 3 is 2.60 bits per heavy atom. The SMILES string of the molecule is O=C(NC1CC1)c1ncc(Cl)c(Cl)c1Cl. The van der Waals surface area contributed by atoms with Crippen molar-refractivity contribution in [3.63, 3.8) is 0 Å². The lowest BCUT2D eigenvalue weighted by atomic mass is 10.3. The van der Waals surface area contributed by atoms with Gasteiger partial charge in [0.25, 0.3) is 5.91 Å². The first kappa shape index (κ1) is 11.0. The highest BCUT2D eigenvalue weighted by atomic mass is 35.5. The highest BCUT2D eigenvalue weighted by molar-refractivity contribution is 6.48. The molecule has 0 bridgehead atoms. The van der Waals surface area contributed by atoms with E-state index in [2.05, 4.69) is 10.3 Å². The summed E-state index contributed by atoms with van der Waals surface area (Å²) in [5, 5.41) is 3.27. The van der Waals surface area contributed by atoms with Crippen LogP contribution < -0.4 is 5.32 Å². The van der Waals surface area contributed by atoms with Crippen molar-refractivity contribution < 1.29 is 4.79 Å². The molecular formula is C9H7Cl3N2O. The van der Waals surface area contributed by atoms with E-state index in [1.54, 1.807) is 0 Å². The lowest BCUT2D eigenvalue weighted by Crippen LogP contribution is -2.26. The van der Waals surface area contributed by atoms with Crippen LogP contribution in [0.15, 0.2) is 6.20 Å². The van der Waals surface area contributed by atoms with E-state index in [0.717, 1.165) is 12.8 Å². The zero-order valence-electron chi connectivity index (χ0n) is 7.56. The highest BCUT2D eigenvalue weighted by Crippen LogP contribution is 2.31. The zero-order valence-corrected chi connectivity index (χ0v) is 9.83. The molecule has 0 aromatic carbocycles. The molecule has 3 nitrogen and oxygen atoms in total.